The first-order valence-electron chi connectivity index (χ1n) is 4.14. The lowest BCUT2D eigenvalue weighted by Crippen LogP contribution is -1.91. The Labute approximate surface area is 72.5 Å². The molecular weight excluding hydrogens is 146 g/mol. The van der Waals surface area contributed by atoms with E-state index in [1.165, 1.54) is 11.1 Å². The minimum absolute atomic E-state index is 1.02. The van der Waals surface area contributed by atoms with Crippen molar-refractivity contribution in [2.45, 2.75) is 13.3 Å². The molecule has 1 heteroatoms. The van der Waals surface area contributed by atoms with Crippen molar-refractivity contribution in [2.24, 2.45) is 0 Å². The van der Waals surface area contributed by atoms with Crippen molar-refractivity contribution >= 4 is 6.08 Å². The smallest absolute Gasteiger partial charge is 0.0664 e. The standard InChI is InChI=1S/C11H11N/c1-9-4-2-6-11-10(8-9)5-3-7-12-11/h2-7H,8H2,1H3. The molecule has 0 aliphatic heterocycles. The van der Waals surface area contributed by atoms with Gasteiger partial charge in [0.05, 0.1) is 5.69 Å². The molecule has 1 aliphatic carbocycles. The highest BCUT2D eigenvalue weighted by Gasteiger charge is 2.02. The molecule has 0 saturated carbocycles. The van der Waals surface area contributed by atoms with Gasteiger partial charge in [0.15, 0.2) is 0 Å². The Morgan fingerprint density at radius 2 is 2.33 bits per heavy atom. The molecule has 1 aromatic heterocycles. The maximum atomic E-state index is 4.29. The van der Waals surface area contributed by atoms with Crippen LogP contribution in [-0.2, 0) is 6.42 Å². The molecule has 0 saturated heterocycles. The molecule has 60 valence electrons. The van der Waals surface area contributed by atoms with E-state index in [1.54, 1.807) is 0 Å². The largest absolute Gasteiger partial charge is 0.257 e. The summed E-state index contributed by atoms with van der Waals surface area (Å²) >= 11 is 0. The maximum absolute atomic E-state index is 4.29. The first kappa shape index (κ1) is 7.29. The first-order valence-corrected chi connectivity index (χ1v) is 4.14. The quantitative estimate of drug-likeness (QED) is 0.564. The summed E-state index contributed by atoms with van der Waals surface area (Å²) < 4.78 is 0. The van der Waals surface area contributed by atoms with E-state index in [4.69, 9.17) is 0 Å². The third-order valence-electron chi connectivity index (χ3n) is 2.03. The second-order valence-electron chi connectivity index (χ2n) is 3.10. The molecule has 1 nitrogen and oxygen atoms in total. The van der Waals surface area contributed by atoms with Crippen molar-refractivity contribution in [1.82, 2.24) is 4.98 Å². The normalized spacial score (nSPS) is 14.9. The summed E-state index contributed by atoms with van der Waals surface area (Å²) in [5.41, 5.74) is 3.81. The molecule has 12 heavy (non-hydrogen) atoms. The van der Waals surface area contributed by atoms with Gasteiger partial charge in [-0.05, 0) is 31.1 Å². The molecular formula is C11H11N. The summed E-state index contributed by atoms with van der Waals surface area (Å²) in [6, 6.07) is 4.13. The Morgan fingerprint density at radius 1 is 1.42 bits per heavy atom. The number of allylic oxidation sites excluding steroid dienone is 3. The Hall–Kier alpha value is -1.37. The van der Waals surface area contributed by atoms with E-state index >= 15 is 0 Å². The van der Waals surface area contributed by atoms with Crippen molar-refractivity contribution in [3.63, 3.8) is 0 Å². The predicted molar refractivity (Wildman–Crippen MR) is 50.7 cm³/mol. The number of hydrogen-bond donors (Lipinski definition) is 0. The fourth-order valence-electron chi connectivity index (χ4n) is 1.41. The Bertz CT molecular complexity index is 348. The predicted octanol–water partition coefficient (Wildman–Crippen LogP) is 2.60. The topological polar surface area (TPSA) is 12.9 Å². The summed E-state index contributed by atoms with van der Waals surface area (Å²) in [7, 11) is 0. The molecule has 0 spiro atoms. The van der Waals surface area contributed by atoms with Gasteiger partial charge in [-0.25, -0.2) is 0 Å². The second-order valence-corrected chi connectivity index (χ2v) is 3.10. The van der Waals surface area contributed by atoms with E-state index in [2.05, 4.69) is 36.2 Å². The lowest BCUT2D eigenvalue weighted by Gasteiger charge is -2.01. The fourth-order valence-corrected chi connectivity index (χ4v) is 1.41. The van der Waals surface area contributed by atoms with Crippen LogP contribution < -0.4 is 0 Å². The molecule has 1 aliphatic rings. The minimum Gasteiger partial charge on any atom is -0.257 e. The Kier molecular flexibility index (Phi) is 1.78. The minimum atomic E-state index is 1.02. The van der Waals surface area contributed by atoms with Crippen LogP contribution in [0.5, 0.6) is 0 Å². The Morgan fingerprint density at radius 3 is 3.25 bits per heavy atom. The molecule has 0 aromatic carbocycles. The van der Waals surface area contributed by atoms with Gasteiger partial charge in [0.2, 0.25) is 0 Å². The van der Waals surface area contributed by atoms with E-state index in [1.807, 2.05) is 12.3 Å². The zero-order valence-corrected chi connectivity index (χ0v) is 7.12. The number of fused-ring (bicyclic) bond motifs is 1. The highest BCUT2D eigenvalue weighted by atomic mass is 14.7. The molecule has 0 N–H and O–H groups in total. The maximum Gasteiger partial charge on any atom is 0.0664 e. The Balaban J connectivity index is 2.49. The lowest BCUT2D eigenvalue weighted by molar-refractivity contribution is 1.11. The number of aromatic nitrogens is 1. The number of hydrogen-bond acceptors (Lipinski definition) is 1. The van der Waals surface area contributed by atoms with E-state index in [0.717, 1.165) is 12.1 Å². The highest BCUT2D eigenvalue weighted by molar-refractivity contribution is 5.54. The lowest BCUT2D eigenvalue weighted by atomic mass is 10.1. The molecule has 2 rings (SSSR count). The summed E-state index contributed by atoms with van der Waals surface area (Å²) in [4.78, 5) is 4.29. The second kappa shape index (κ2) is 2.94. The van der Waals surface area contributed by atoms with Crippen LogP contribution >= 0.6 is 0 Å². The zero-order valence-electron chi connectivity index (χ0n) is 7.12. The van der Waals surface area contributed by atoms with E-state index < -0.39 is 0 Å². The average Bonchev–Trinajstić information content (AvgIpc) is 2.25. The van der Waals surface area contributed by atoms with Crippen LogP contribution in [0.25, 0.3) is 6.08 Å². The number of nitrogens with zero attached hydrogens (tertiary/aromatic N) is 1. The van der Waals surface area contributed by atoms with Gasteiger partial charge in [0.25, 0.3) is 0 Å². The van der Waals surface area contributed by atoms with Crippen molar-refractivity contribution < 1.29 is 0 Å². The van der Waals surface area contributed by atoms with Gasteiger partial charge in [-0.2, -0.15) is 0 Å². The van der Waals surface area contributed by atoms with Gasteiger partial charge < -0.3 is 0 Å². The van der Waals surface area contributed by atoms with Crippen LogP contribution in [0, 0.1) is 0 Å². The van der Waals surface area contributed by atoms with Gasteiger partial charge in [-0.1, -0.05) is 23.8 Å². The molecule has 0 bridgehead atoms. The van der Waals surface area contributed by atoms with Gasteiger partial charge in [0, 0.05) is 6.20 Å². The van der Waals surface area contributed by atoms with Crippen LogP contribution in [0.15, 0.2) is 36.1 Å². The molecule has 0 unspecified atom stereocenters. The van der Waals surface area contributed by atoms with E-state index in [0.29, 0.717) is 0 Å². The van der Waals surface area contributed by atoms with Crippen LogP contribution in [-0.4, -0.2) is 4.98 Å². The van der Waals surface area contributed by atoms with Crippen LogP contribution in [0.3, 0.4) is 0 Å². The molecule has 1 aromatic rings. The zero-order chi connectivity index (χ0) is 8.39. The van der Waals surface area contributed by atoms with Crippen LogP contribution in [0.1, 0.15) is 18.2 Å². The van der Waals surface area contributed by atoms with Crippen LogP contribution in [0.2, 0.25) is 0 Å². The van der Waals surface area contributed by atoms with Crippen molar-refractivity contribution in [3.05, 3.63) is 47.3 Å². The molecule has 0 radical (unpaired) electrons. The summed E-state index contributed by atoms with van der Waals surface area (Å²) in [5, 5.41) is 0. The summed E-state index contributed by atoms with van der Waals surface area (Å²) in [6.45, 7) is 2.15. The third-order valence-corrected chi connectivity index (χ3v) is 2.03. The van der Waals surface area contributed by atoms with Gasteiger partial charge >= 0.3 is 0 Å². The molecule has 0 amide bonds. The van der Waals surface area contributed by atoms with E-state index in [-0.39, 0.29) is 0 Å². The van der Waals surface area contributed by atoms with Crippen LogP contribution in [0.4, 0.5) is 0 Å². The summed E-state index contributed by atoms with van der Waals surface area (Å²) in [6.07, 6.45) is 9.13. The van der Waals surface area contributed by atoms with Gasteiger partial charge in [-0.15, -0.1) is 0 Å². The van der Waals surface area contributed by atoms with Gasteiger partial charge in [-0.3, -0.25) is 4.98 Å². The number of pyridine rings is 1. The number of rotatable bonds is 0. The van der Waals surface area contributed by atoms with Crippen molar-refractivity contribution in [3.8, 4) is 0 Å². The fraction of sp³-hybridized carbons (Fsp3) is 0.182. The molecule has 1 heterocycles. The van der Waals surface area contributed by atoms with Crippen molar-refractivity contribution in [2.75, 3.05) is 0 Å². The molecule has 0 atom stereocenters. The first-order chi connectivity index (χ1) is 5.86. The third kappa shape index (κ3) is 1.30. The SMILES string of the molecule is CC1=CC=Cc2ncccc2C1. The summed E-state index contributed by atoms with van der Waals surface area (Å²) in [5.74, 6) is 0. The van der Waals surface area contributed by atoms with E-state index in [9.17, 15) is 0 Å². The average molecular weight is 157 g/mol. The molecule has 0 fully saturated rings. The van der Waals surface area contributed by atoms with Crippen molar-refractivity contribution in [1.29, 1.82) is 0 Å². The van der Waals surface area contributed by atoms with Gasteiger partial charge in [0.1, 0.15) is 0 Å². The monoisotopic (exact) mass is 157 g/mol. The highest BCUT2D eigenvalue weighted by Crippen LogP contribution is 2.15.